The number of ether oxygens (including phenoxy) is 14. The van der Waals surface area contributed by atoms with Crippen molar-refractivity contribution in [3.05, 3.63) is 177 Å². The first-order valence-electron chi connectivity index (χ1n) is 59.9. The molecule has 17 heteroatoms. The summed E-state index contributed by atoms with van der Waals surface area (Å²) >= 11 is 0. The monoisotopic (exact) mass is 2020 g/mol. The van der Waals surface area contributed by atoms with Crippen LogP contribution in [0.25, 0.3) is 10.4 Å². The van der Waals surface area contributed by atoms with E-state index in [2.05, 4.69) is 114 Å². The number of hydrogen-bond donors (Lipinski definition) is 0. The zero-order valence-corrected chi connectivity index (χ0v) is 93.5. The van der Waals surface area contributed by atoms with Crippen LogP contribution in [0.1, 0.15) is 505 Å². The lowest BCUT2D eigenvalue weighted by Gasteiger charge is -2.17. The average molecular weight is 2020 g/mol. The van der Waals surface area contributed by atoms with Gasteiger partial charge in [-0.25, -0.2) is 0 Å². The summed E-state index contributed by atoms with van der Waals surface area (Å²) in [5, 5.41) is 4.06. The van der Waals surface area contributed by atoms with Crippen LogP contribution < -0.4 is 66.3 Å². The van der Waals surface area contributed by atoms with E-state index in [1.165, 1.54) is 308 Å². The highest BCUT2D eigenvalue weighted by Crippen LogP contribution is 2.37. The first-order chi connectivity index (χ1) is 72.1. The molecule has 0 aromatic heterocycles. The fourth-order valence-corrected chi connectivity index (χ4v) is 18.7. The second kappa shape index (κ2) is 85.8. The van der Waals surface area contributed by atoms with Gasteiger partial charge in [-0.15, -0.1) is 0 Å². The Hall–Kier alpha value is -8.95. The van der Waals surface area contributed by atoms with Gasteiger partial charge < -0.3 is 66.3 Å². The van der Waals surface area contributed by atoms with Gasteiger partial charge >= 0.3 is 0 Å². The highest BCUT2D eigenvalue weighted by molar-refractivity contribution is 5.46. The molecule has 0 saturated heterocycles. The molecule has 0 aliphatic carbocycles. The van der Waals surface area contributed by atoms with Crippen LogP contribution in [0, 0.1) is 0 Å². The third-order valence-corrected chi connectivity index (χ3v) is 27.5. The standard InChI is InChI=1S/C129H203N3O14/c1-9-17-25-33-41-49-57-65-73-133-116-83-110(84-117(95-116)134-74-66-58-50-42-34-26-18-10-2)103-143-126-91-114(92-127(100-126)144-104-111-85-118(135-75-67-59-51-43-35-27-19-11-3)96-119(86-111)136-76-68-60-52-44-36-28-20-12-4)107-141-124-81-109(102-131-132-130)82-125(99-124)142-108-115-93-128(145-105-112-87-120(137-77-69-61-53-45-37-29-21-13-5)97-121(88-112)138-78-70-62-54-46-38-30-22-14-6)101-129(94-115)146-106-113-89-122(139-79-71-63-55-47-39-31-23-15-7)98-123(90-113)140-80-72-64-56-48-40-32-24-16-8/h81-101H,9-80,102-108H2,1-8H3. The molecule has 0 heterocycles. The number of hydrogen-bond acceptors (Lipinski definition) is 15. The van der Waals surface area contributed by atoms with E-state index < -0.39 is 0 Å². The number of rotatable bonds is 100. The van der Waals surface area contributed by atoms with Crippen LogP contribution in [0.15, 0.2) is 133 Å². The van der Waals surface area contributed by atoms with Gasteiger partial charge in [0.2, 0.25) is 0 Å². The van der Waals surface area contributed by atoms with Gasteiger partial charge in [0.05, 0.1) is 59.4 Å². The zero-order valence-electron chi connectivity index (χ0n) is 93.5. The summed E-state index contributed by atoms with van der Waals surface area (Å²) in [5.41, 5.74) is 15.9. The Morgan fingerprint density at radius 1 is 0.144 bits per heavy atom. The van der Waals surface area contributed by atoms with Gasteiger partial charge in [0.25, 0.3) is 0 Å². The fraction of sp³-hybridized carbons (Fsp3) is 0.674. The van der Waals surface area contributed by atoms with Crippen LogP contribution in [-0.2, 0) is 46.2 Å². The van der Waals surface area contributed by atoms with Crippen molar-refractivity contribution in [2.24, 2.45) is 5.11 Å². The first kappa shape index (κ1) is 124. The summed E-state index contributed by atoms with van der Waals surface area (Å²) in [4.78, 5) is 3.20. The molecule has 0 radical (unpaired) electrons. The molecule has 0 aliphatic rings. The predicted molar refractivity (Wildman–Crippen MR) is 609 cm³/mol. The average Bonchev–Trinajstić information content (AvgIpc) is 0.831. The summed E-state index contributed by atoms with van der Waals surface area (Å²) in [6, 6.07) is 42.6. The highest BCUT2D eigenvalue weighted by Gasteiger charge is 2.18. The molecule has 7 rings (SSSR count). The summed E-state index contributed by atoms with van der Waals surface area (Å²) in [7, 11) is 0. The van der Waals surface area contributed by atoms with E-state index in [0.717, 1.165) is 182 Å². The second-order valence-electron chi connectivity index (χ2n) is 41.4. The van der Waals surface area contributed by atoms with Crippen molar-refractivity contribution in [2.45, 2.75) is 513 Å². The van der Waals surface area contributed by atoms with E-state index in [9.17, 15) is 5.53 Å². The van der Waals surface area contributed by atoms with Crippen molar-refractivity contribution in [3.8, 4) is 80.5 Å². The minimum absolute atomic E-state index is 0.0657. The molecule has 7 aromatic carbocycles. The van der Waals surface area contributed by atoms with E-state index in [1.807, 2.05) is 78.9 Å². The van der Waals surface area contributed by atoms with E-state index in [1.54, 1.807) is 0 Å². The molecule has 0 N–H and O–H groups in total. The molecule has 0 atom stereocenters. The number of unbranched alkanes of at least 4 members (excludes halogenated alkanes) is 56. The molecular weight excluding hydrogens is 1820 g/mol. The summed E-state index contributed by atoms with van der Waals surface area (Å²) in [6.07, 6.45) is 78.4. The first-order valence-corrected chi connectivity index (χ1v) is 59.9. The Kier molecular flexibility index (Phi) is 72.9. The van der Waals surface area contributed by atoms with Crippen molar-refractivity contribution in [2.75, 3.05) is 52.9 Å². The SMILES string of the molecule is CCCCCCCCCCOc1cc(COc2cc(COc3cc(CN=[N+]=[N-])cc(OCc4cc(OCc5cc(OCCCCCCCCCC)cc(OCCCCCCCCCC)c5)cc(OCc5cc(OCCCCCCCCCC)cc(OCCCCCCCCCC)c5)c4)c3)cc(OCc3cc(OCCCCCCCCCC)cc(OCCCCCCCCCC)c3)c2)cc(OCCCCCCCCCC)c1. The van der Waals surface area contributed by atoms with Crippen molar-refractivity contribution < 1.29 is 66.3 Å². The molecule has 0 spiro atoms. The van der Waals surface area contributed by atoms with Crippen LogP contribution in [0.4, 0.5) is 0 Å². The van der Waals surface area contributed by atoms with Crippen LogP contribution in [0.2, 0.25) is 0 Å². The molecule has 818 valence electrons. The number of azide groups is 1. The highest BCUT2D eigenvalue weighted by atomic mass is 16.5. The third-order valence-electron chi connectivity index (χ3n) is 27.5. The maximum absolute atomic E-state index is 9.84. The maximum atomic E-state index is 9.84. The van der Waals surface area contributed by atoms with Gasteiger partial charge in [-0.05, 0) is 181 Å². The summed E-state index contributed by atoms with van der Waals surface area (Å²) < 4.78 is 94.1. The molecule has 0 unspecified atom stereocenters. The van der Waals surface area contributed by atoms with E-state index in [4.69, 9.17) is 66.3 Å². The van der Waals surface area contributed by atoms with Gasteiger partial charge in [0, 0.05) is 47.4 Å². The van der Waals surface area contributed by atoms with Crippen molar-refractivity contribution in [1.82, 2.24) is 0 Å². The minimum atomic E-state index is 0.0657. The lowest BCUT2D eigenvalue weighted by Crippen LogP contribution is -2.05. The molecule has 0 fully saturated rings. The molecule has 17 nitrogen and oxygen atoms in total. The Balaban J connectivity index is 1.21. The van der Waals surface area contributed by atoms with Gasteiger partial charge in [0.1, 0.15) is 120 Å². The Morgan fingerprint density at radius 3 is 0.377 bits per heavy atom. The Labute approximate surface area is 888 Å². The molecule has 0 bridgehead atoms. The lowest BCUT2D eigenvalue weighted by atomic mass is 10.1. The van der Waals surface area contributed by atoms with Crippen LogP contribution in [0.5, 0.6) is 80.5 Å². The molecule has 7 aromatic rings. The largest absolute Gasteiger partial charge is 0.493 e. The zero-order chi connectivity index (χ0) is 103. The number of benzene rings is 7. The van der Waals surface area contributed by atoms with Gasteiger partial charge in [-0.3, -0.25) is 0 Å². The molecule has 0 amide bonds. The lowest BCUT2D eigenvalue weighted by molar-refractivity contribution is 0.271. The van der Waals surface area contributed by atoms with Crippen LogP contribution in [0.3, 0.4) is 0 Å². The normalized spacial score (nSPS) is 11.3. The van der Waals surface area contributed by atoms with Gasteiger partial charge in [-0.1, -0.05) is 420 Å². The number of nitrogens with zero attached hydrogens (tertiary/aromatic N) is 3. The maximum Gasteiger partial charge on any atom is 0.123 e. The molecule has 0 aliphatic heterocycles. The smallest absolute Gasteiger partial charge is 0.123 e. The van der Waals surface area contributed by atoms with E-state index >= 15 is 0 Å². The van der Waals surface area contributed by atoms with E-state index in [-0.39, 0.29) is 46.2 Å². The van der Waals surface area contributed by atoms with Crippen molar-refractivity contribution >= 4 is 0 Å². The fourth-order valence-electron chi connectivity index (χ4n) is 18.7. The topological polar surface area (TPSA) is 178 Å². The third kappa shape index (κ3) is 62.5. The Bertz CT molecular complexity index is 3750. The second-order valence-corrected chi connectivity index (χ2v) is 41.4. The summed E-state index contributed by atoms with van der Waals surface area (Å²) in [5.74, 6) is 9.68. The van der Waals surface area contributed by atoms with Crippen molar-refractivity contribution in [1.29, 1.82) is 0 Å². The van der Waals surface area contributed by atoms with Crippen LogP contribution in [-0.4, -0.2) is 52.9 Å². The predicted octanol–water partition coefficient (Wildman–Crippen LogP) is 40.1. The van der Waals surface area contributed by atoms with Crippen molar-refractivity contribution in [3.63, 3.8) is 0 Å². The van der Waals surface area contributed by atoms with Gasteiger partial charge in [-0.2, -0.15) is 0 Å². The summed E-state index contributed by atoms with van der Waals surface area (Å²) in [6.45, 7) is 24.6. The van der Waals surface area contributed by atoms with Crippen LogP contribution >= 0.6 is 0 Å². The van der Waals surface area contributed by atoms with Gasteiger partial charge in [0.15, 0.2) is 0 Å². The molecular formula is C129H203N3O14. The molecule has 146 heavy (non-hydrogen) atoms. The quantitative estimate of drug-likeness (QED) is 0.0152. The van der Waals surface area contributed by atoms with E-state index in [0.29, 0.717) is 92.9 Å². The minimum Gasteiger partial charge on any atom is -0.493 e. The molecule has 0 saturated carbocycles. The Morgan fingerprint density at radius 2 is 0.253 bits per heavy atom.